The highest BCUT2D eigenvalue weighted by Crippen LogP contribution is 2.33. The molecule has 2 aromatic carbocycles. The van der Waals surface area contributed by atoms with E-state index in [1.54, 1.807) is 6.07 Å². The van der Waals surface area contributed by atoms with Crippen LogP contribution in [0.4, 0.5) is 5.69 Å². The van der Waals surface area contributed by atoms with Crippen LogP contribution >= 0.6 is 11.6 Å². The lowest BCUT2D eigenvalue weighted by Crippen LogP contribution is -2.09. The van der Waals surface area contributed by atoms with Crippen molar-refractivity contribution in [3.63, 3.8) is 0 Å². The van der Waals surface area contributed by atoms with Gasteiger partial charge in [0, 0.05) is 23.7 Å². The number of hydrogen-bond acceptors (Lipinski definition) is 4. The maximum atomic E-state index is 10.7. The summed E-state index contributed by atoms with van der Waals surface area (Å²) in [6.45, 7) is 1.99. The molecule has 0 amide bonds. The SMILES string of the molecule is CC[C@@H](N)c1ccccc1Oc1ccc([N+](=O)[O-])c(Cl)c1. The Morgan fingerprint density at radius 1 is 1.33 bits per heavy atom. The average Bonchev–Trinajstić information content (AvgIpc) is 2.46. The van der Waals surface area contributed by atoms with Crippen LogP contribution < -0.4 is 10.5 Å². The van der Waals surface area contributed by atoms with E-state index in [9.17, 15) is 10.1 Å². The molecule has 5 nitrogen and oxygen atoms in total. The molecule has 0 spiro atoms. The van der Waals surface area contributed by atoms with E-state index < -0.39 is 4.92 Å². The second-order valence-corrected chi connectivity index (χ2v) is 4.93. The summed E-state index contributed by atoms with van der Waals surface area (Å²) in [5.74, 6) is 1.05. The highest BCUT2D eigenvalue weighted by Gasteiger charge is 2.15. The van der Waals surface area contributed by atoms with Gasteiger partial charge in [0.1, 0.15) is 16.5 Å². The van der Waals surface area contributed by atoms with Crippen molar-refractivity contribution < 1.29 is 9.66 Å². The Balaban J connectivity index is 2.31. The summed E-state index contributed by atoms with van der Waals surface area (Å²) < 4.78 is 5.76. The van der Waals surface area contributed by atoms with Gasteiger partial charge in [-0.3, -0.25) is 10.1 Å². The number of nitrogens with two attached hydrogens (primary N) is 1. The number of nitro benzene ring substituents is 1. The Morgan fingerprint density at radius 3 is 2.67 bits per heavy atom. The van der Waals surface area contributed by atoms with Gasteiger partial charge >= 0.3 is 0 Å². The van der Waals surface area contributed by atoms with Crippen LogP contribution in [0.3, 0.4) is 0 Å². The number of ether oxygens (including phenoxy) is 1. The zero-order chi connectivity index (χ0) is 15.4. The summed E-state index contributed by atoms with van der Waals surface area (Å²) in [4.78, 5) is 10.2. The Kier molecular flexibility index (Phi) is 4.77. The van der Waals surface area contributed by atoms with Gasteiger partial charge in [0.2, 0.25) is 0 Å². The van der Waals surface area contributed by atoms with Crippen molar-refractivity contribution >= 4 is 17.3 Å². The number of nitro groups is 1. The average molecular weight is 307 g/mol. The number of hydrogen-bond donors (Lipinski definition) is 1. The maximum absolute atomic E-state index is 10.7. The predicted octanol–water partition coefficient (Wildman–Crippen LogP) is 4.45. The quantitative estimate of drug-likeness (QED) is 0.654. The molecule has 0 unspecified atom stereocenters. The molecule has 0 saturated carbocycles. The fraction of sp³-hybridized carbons (Fsp3) is 0.200. The van der Waals surface area contributed by atoms with Crippen molar-refractivity contribution in [3.8, 4) is 11.5 Å². The predicted molar refractivity (Wildman–Crippen MR) is 81.8 cm³/mol. The lowest BCUT2D eigenvalue weighted by Gasteiger charge is -2.15. The Morgan fingerprint density at radius 2 is 2.05 bits per heavy atom. The van der Waals surface area contributed by atoms with Gasteiger partial charge in [-0.05, 0) is 18.6 Å². The zero-order valence-electron chi connectivity index (χ0n) is 11.5. The van der Waals surface area contributed by atoms with Crippen LogP contribution in [0, 0.1) is 10.1 Å². The van der Waals surface area contributed by atoms with E-state index in [0.717, 1.165) is 12.0 Å². The van der Waals surface area contributed by atoms with Gasteiger partial charge in [0.15, 0.2) is 0 Å². The van der Waals surface area contributed by atoms with Gasteiger partial charge in [-0.15, -0.1) is 0 Å². The molecule has 0 aliphatic carbocycles. The Hall–Kier alpha value is -2.11. The van der Waals surface area contributed by atoms with Gasteiger partial charge in [0.05, 0.1) is 4.92 Å². The minimum Gasteiger partial charge on any atom is -0.457 e. The first-order valence-corrected chi connectivity index (χ1v) is 6.87. The van der Waals surface area contributed by atoms with Crippen molar-refractivity contribution in [3.05, 3.63) is 63.2 Å². The van der Waals surface area contributed by atoms with Gasteiger partial charge in [-0.2, -0.15) is 0 Å². The summed E-state index contributed by atoms with van der Waals surface area (Å²) in [6.07, 6.45) is 0.779. The molecule has 0 aromatic heterocycles. The second-order valence-electron chi connectivity index (χ2n) is 4.52. The molecule has 6 heteroatoms. The number of benzene rings is 2. The van der Waals surface area contributed by atoms with E-state index in [-0.39, 0.29) is 16.8 Å². The molecule has 0 radical (unpaired) electrons. The normalized spacial score (nSPS) is 12.0. The van der Waals surface area contributed by atoms with E-state index in [1.807, 2.05) is 25.1 Å². The van der Waals surface area contributed by atoms with Crippen LogP contribution in [-0.4, -0.2) is 4.92 Å². The molecule has 2 rings (SSSR count). The first kappa shape index (κ1) is 15.3. The highest BCUT2D eigenvalue weighted by molar-refractivity contribution is 6.32. The first-order chi connectivity index (χ1) is 10.0. The smallest absolute Gasteiger partial charge is 0.288 e. The molecule has 2 N–H and O–H groups in total. The van der Waals surface area contributed by atoms with E-state index in [2.05, 4.69) is 0 Å². The standard InChI is InChI=1S/C15H15ClN2O3/c1-2-13(17)11-5-3-4-6-15(11)21-10-7-8-14(18(19)20)12(16)9-10/h3-9,13H,2,17H2,1H3/t13-/m1/s1. The van der Waals surface area contributed by atoms with Crippen LogP contribution in [0.5, 0.6) is 11.5 Å². The molecule has 0 heterocycles. The first-order valence-electron chi connectivity index (χ1n) is 6.49. The second kappa shape index (κ2) is 6.56. The Bertz CT molecular complexity index is 661. The molecule has 0 aliphatic rings. The summed E-state index contributed by atoms with van der Waals surface area (Å²) >= 11 is 5.87. The number of rotatable bonds is 5. The minimum atomic E-state index is -0.535. The molecular formula is C15H15ClN2O3. The minimum absolute atomic E-state index is 0.0368. The summed E-state index contributed by atoms with van der Waals surface area (Å²) in [5.41, 5.74) is 6.78. The van der Waals surface area contributed by atoms with Gasteiger partial charge in [-0.25, -0.2) is 0 Å². The van der Waals surface area contributed by atoms with Crippen molar-refractivity contribution in [1.29, 1.82) is 0 Å². The Labute approximate surface area is 127 Å². The molecular weight excluding hydrogens is 292 g/mol. The van der Waals surface area contributed by atoms with E-state index in [1.165, 1.54) is 18.2 Å². The largest absolute Gasteiger partial charge is 0.457 e. The molecule has 0 bridgehead atoms. The topological polar surface area (TPSA) is 78.4 Å². The van der Waals surface area contributed by atoms with Crippen molar-refractivity contribution in [1.82, 2.24) is 0 Å². The van der Waals surface area contributed by atoms with E-state index >= 15 is 0 Å². The van der Waals surface area contributed by atoms with Gasteiger partial charge in [-0.1, -0.05) is 36.7 Å². The third-order valence-electron chi connectivity index (χ3n) is 3.10. The molecule has 0 aliphatic heterocycles. The van der Waals surface area contributed by atoms with Gasteiger partial charge < -0.3 is 10.5 Å². The van der Waals surface area contributed by atoms with Crippen LogP contribution in [0.1, 0.15) is 24.9 Å². The van der Waals surface area contributed by atoms with Crippen LogP contribution in [0.2, 0.25) is 5.02 Å². The highest BCUT2D eigenvalue weighted by atomic mass is 35.5. The van der Waals surface area contributed by atoms with Crippen molar-refractivity contribution in [2.45, 2.75) is 19.4 Å². The van der Waals surface area contributed by atoms with Crippen molar-refractivity contribution in [2.24, 2.45) is 5.73 Å². The van der Waals surface area contributed by atoms with Crippen LogP contribution in [0.25, 0.3) is 0 Å². The molecule has 0 fully saturated rings. The molecule has 2 aromatic rings. The van der Waals surface area contributed by atoms with Crippen molar-refractivity contribution in [2.75, 3.05) is 0 Å². The monoisotopic (exact) mass is 306 g/mol. The van der Waals surface area contributed by atoms with Gasteiger partial charge in [0.25, 0.3) is 5.69 Å². The van der Waals surface area contributed by atoms with Crippen LogP contribution in [-0.2, 0) is 0 Å². The maximum Gasteiger partial charge on any atom is 0.288 e. The molecule has 0 saturated heterocycles. The number of para-hydroxylation sites is 1. The third-order valence-corrected chi connectivity index (χ3v) is 3.40. The fourth-order valence-electron chi connectivity index (χ4n) is 1.93. The fourth-order valence-corrected chi connectivity index (χ4v) is 2.17. The lowest BCUT2D eigenvalue weighted by atomic mass is 10.0. The number of halogens is 1. The molecule has 1 atom stereocenters. The summed E-state index contributed by atoms with van der Waals surface area (Å²) in [6, 6.07) is 11.6. The summed E-state index contributed by atoms with van der Waals surface area (Å²) in [7, 11) is 0. The number of nitrogens with zero attached hydrogens (tertiary/aromatic N) is 1. The van der Waals surface area contributed by atoms with Crippen LogP contribution in [0.15, 0.2) is 42.5 Å². The zero-order valence-corrected chi connectivity index (χ0v) is 12.2. The third kappa shape index (κ3) is 3.51. The molecule has 110 valence electrons. The van der Waals surface area contributed by atoms with E-state index in [4.69, 9.17) is 22.1 Å². The summed E-state index contributed by atoms with van der Waals surface area (Å²) in [5, 5.41) is 10.8. The van der Waals surface area contributed by atoms with E-state index in [0.29, 0.717) is 11.5 Å². The molecule has 21 heavy (non-hydrogen) atoms. The lowest BCUT2D eigenvalue weighted by molar-refractivity contribution is -0.384.